The van der Waals surface area contributed by atoms with Gasteiger partial charge in [-0.1, -0.05) is 35.9 Å². The summed E-state index contributed by atoms with van der Waals surface area (Å²) in [7, 11) is -0.665. The van der Waals surface area contributed by atoms with Crippen molar-refractivity contribution < 1.29 is 13.2 Å². The molecule has 1 saturated carbocycles. The van der Waals surface area contributed by atoms with Crippen molar-refractivity contribution in [3.63, 3.8) is 0 Å². The molecule has 1 aromatic heterocycles. The normalized spacial score (nSPS) is 14.2. The first-order valence-electron chi connectivity index (χ1n) is 10.9. The minimum absolute atomic E-state index is 0.00528. The van der Waals surface area contributed by atoms with Crippen molar-refractivity contribution in [3.8, 4) is 11.1 Å². The highest BCUT2D eigenvalue weighted by Crippen LogP contribution is 2.35. The number of anilines is 1. The molecule has 1 aliphatic rings. The Morgan fingerprint density at radius 2 is 2.03 bits per heavy atom. The number of nitrogens with one attached hydrogen (secondary N) is 1. The van der Waals surface area contributed by atoms with Crippen LogP contribution in [0.4, 0.5) is 5.69 Å². The maximum atomic E-state index is 13.1. The van der Waals surface area contributed by atoms with Gasteiger partial charge in [0.25, 0.3) is 10.0 Å². The standard InChI is InChI=1S/C24H26ClN5O3S/c1-29(2)16-27-34(32,33)23-13-19(28-24(31)12-17-6-3-4-9-22(17)25)10-11-21(23)18-14-26-30(15-18)20-7-5-8-20/h3-4,6,9-11,13-16,20H,5,7-8,12H2,1-2H3,(H,28,31)/b27-16+. The van der Waals surface area contributed by atoms with Crippen LogP contribution >= 0.6 is 11.6 Å². The summed E-state index contributed by atoms with van der Waals surface area (Å²) < 4.78 is 31.9. The summed E-state index contributed by atoms with van der Waals surface area (Å²) in [5, 5.41) is 7.70. The van der Waals surface area contributed by atoms with Crippen LogP contribution in [0.1, 0.15) is 30.9 Å². The molecule has 1 fully saturated rings. The zero-order valence-electron chi connectivity index (χ0n) is 19.0. The molecule has 4 rings (SSSR count). The Bertz CT molecular complexity index is 1330. The van der Waals surface area contributed by atoms with E-state index >= 15 is 0 Å². The second kappa shape index (κ2) is 9.99. The monoisotopic (exact) mass is 499 g/mol. The van der Waals surface area contributed by atoms with E-state index in [4.69, 9.17) is 11.6 Å². The van der Waals surface area contributed by atoms with Gasteiger partial charge in [0.1, 0.15) is 6.34 Å². The Labute approximate surface area is 204 Å². The number of sulfonamides is 1. The third-order valence-corrected chi connectivity index (χ3v) is 7.26. The van der Waals surface area contributed by atoms with Crippen molar-refractivity contribution in [2.45, 2.75) is 36.6 Å². The third-order valence-electron chi connectivity index (χ3n) is 5.63. The number of carbonyl (C=O) groups is 1. The van der Waals surface area contributed by atoms with Gasteiger partial charge in [0, 0.05) is 42.1 Å². The third kappa shape index (κ3) is 5.48. The first-order chi connectivity index (χ1) is 16.2. The fraction of sp³-hybridized carbons (Fsp3) is 0.292. The Hall–Kier alpha value is -3.17. The van der Waals surface area contributed by atoms with Crippen LogP contribution in [-0.4, -0.2) is 49.4 Å². The molecule has 0 atom stereocenters. The van der Waals surface area contributed by atoms with Crippen molar-refractivity contribution in [1.82, 2.24) is 14.7 Å². The number of aromatic nitrogens is 2. The highest BCUT2D eigenvalue weighted by Gasteiger charge is 2.24. The predicted octanol–water partition coefficient (Wildman–Crippen LogP) is 4.39. The first kappa shape index (κ1) is 24.0. The van der Waals surface area contributed by atoms with Crippen LogP contribution in [0.3, 0.4) is 0 Å². The molecule has 178 valence electrons. The van der Waals surface area contributed by atoms with Crippen molar-refractivity contribution >= 4 is 39.6 Å². The Kier molecular flexibility index (Phi) is 7.04. The summed E-state index contributed by atoms with van der Waals surface area (Å²) in [6.45, 7) is 0. The van der Waals surface area contributed by atoms with Crippen LogP contribution in [0.15, 0.2) is 64.2 Å². The molecule has 0 saturated heterocycles. The average Bonchev–Trinajstić information content (AvgIpc) is 3.22. The summed E-state index contributed by atoms with van der Waals surface area (Å²) in [4.78, 5) is 14.2. The SMILES string of the molecule is CN(C)/C=N/S(=O)(=O)c1cc(NC(=O)Cc2ccccc2Cl)ccc1-c1cnn(C2CCC2)c1. The number of hydrogen-bond donors (Lipinski definition) is 1. The number of rotatable bonds is 8. The molecular formula is C24H26ClN5O3S. The maximum Gasteiger partial charge on any atom is 0.284 e. The lowest BCUT2D eigenvalue weighted by Crippen LogP contribution is -2.17. The number of carbonyl (C=O) groups excluding carboxylic acids is 1. The zero-order valence-corrected chi connectivity index (χ0v) is 20.6. The van der Waals surface area contributed by atoms with Crippen molar-refractivity contribution in [1.29, 1.82) is 0 Å². The van der Waals surface area contributed by atoms with E-state index in [1.807, 2.05) is 10.9 Å². The molecule has 1 amide bonds. The van der Waals surface area contributed by atoms with Gasteiger partial charge in [-0.15, -0.1) is 4.40 Å². The summed E-state index contributed by atoms with van der Waals surface area (Å²) in [5.74, 6) is -0.307. The van der Waals surface area contributed by atoms with E-state index in [-0.39, 0.29) is 17.2 Å². The van der Waals surface area contributed by atoms with E-state index in [0.29, 0.717) is 33.4 Å². The van der Waals surface area contributed by atoms with Gasteiger partial charge in [-0.25, -0.2) is 0 Å². The molecule has 3 aromatic rings. The van der Waals surface area contributed by atoms with Crippen LogP contribution in [-0.2, 0) is 21.2 Å². The van der Waals surface area contributed by atoms with Gasteiger partial charge in [0.05, 0.1) is 23.6 Å². The van der Waals surface area contributed by atoms with Gasteiger partial charge in [0.15, 0.2) is 0 Å². The molecule has 0 bridgehead atoms. The van der Waals surface area contributed by atoms with E-state index < -0.39 is 10.0 Å². The number of amides is 1. The minimum Gasteiger partial charge on any atom is -0.368 e. The molecule has 34 heavy (non-hydrogen) atoms. The fourth-order valence-electron chi connectivity index (χ4n) is 3.61. The number of halogens is 1. The van der Waals surface area contributed by atoms with Gasteiger partial charge >= 0.3 is 0 Å². The van der Waals surface area contributed by atoms with Crippen LogP contribution in [0.2, 0.25) is 5.02 Å². The molecule has 2 aromatic carbocycles. The van der Waals surface area contributed by atoms with E-state index in [0.717, 1.165) is 12.8 Å². The van der Waals surface area contributed by atoms with Crippen LogP contribution < -0.4 is 5.32 Å². The van der Waals surface area contributed by atoms with Crippen LogP contribution in [0.25, 0.3) is 11.1 Å². The lowest BCUT2D eigenvalue weighted by atomic mass is 9.93. The zero-order chi connectivity index (χ0) is 24.3. The molecule has 0 unspecified atom stereocenters. The largest absolute Gasteiger partial charge is 0.368 e. The van der Waals surface area contributed by atoms with Gasteiger partial charge in [0.2, 0.25) is 5.91 Å². The smallest absolute Gasteiger partial charge is 0.284 e. The van der Waals surface area contributed by atoms with Crippen molar-refractivity contribution in [3.05, 3.63) is 65.4 Å². The highest BCUT2D eigenvalue weighted by molar-refractivity contribution is 7.90. The van der Waals surface area contributed by atoms with E-state index in [1.165, 1.54) is 18.8 Å². The Morgan fingerprint density at radius 1 is 1.26 bits per heavy atom. The number of benzene rings is 2. The Balaban J connectivity index is 1.66. The molecule has 1 heterocycles. The van der Waals surface area contributed by atoms with E-state index in [2.05, 4.69) is 14.8 Å². The molecule has 1 aliphatic carbocycles. The topological polar surface area (TPSA) is 96.7 Å². The van der Waals surface area contributed by atoms with Crippen LogP contribution in [0.5, 0.6) is 0 Å². The quantitative estimate of drug-likeness (QED) is 0.366. The maximum absolute atomic E-state index is 13.1. The lowest BCUT2D eigenvalue weighted by Gasteiger charge is -2.25. The van der Waals surface area contributed by atoms with Crippen molar-refractivity contribution in [2.75, 3.05) is 19.4 Å². The second-order valence-corrected chi connectivity index (χ2v) is 10.5. The summed E-state index contributed by atoms with van der Waals surface area (Å²) in [6.07, 6.45) is 8.13. The molecule has 10 heteroatoms. The second-order valence-electron chi connectivity index (χ2n) is 8.48. The minimum atomic E-state index is -4.04. The van der Waals surface area contributed by atoms with E-state index in [9.17, 15) is 13.2 Å². The summed E-state index contributed by atoms with van der Waals surface area (Å²) in [6, 6.07) is 12.2. The first-order valence-corrected chi connectivity index (χ1v) is 12.7. The molecule has 0 spiro atoms. The molecular weight excluding hydrogens is 474 g/mol. The highest BCUT2D eigenvalue weighted by atomic mass is 35.5. The lowest BCUT2D eigenvalue weighted by molar-refractivity contribution is -0.115. The fourth-order valence-corrected chi connectivity index (χ4v) is 4.98. The Morgan fingerprint density at radius 3 is 2.71 bits per heavy atom. The molecule has 0 aliphatic heterocycles. The number of hydrogen-bond acceptors (Lipinski definition) is 4. The van der Waals surface area contributed by atoms with Gasteiger partial charge in [-0.3, -0.25) is 9.48 Å². The number of nitrogens with zero attached hydrogens (tertiary/aromatic N) is 4. The summed E-state index contributed by atoms with van der Waals surface area (Å²) in [5.41, 5.74) is 2.20. The molecule has 0 radical (unpaired) electrons. The van der Waals surface area contributed by atoms with E-state index in [1.54, 1.807) is 61.6 Å². The summed E-state index contributed by atoms with van der Waals surface area (Å²) >= 11 is 6.16. The van der Waals surface area contributed by atoms with Gasteiger partial charge in [-0.05, 0) is 43.0 Å². The van der Waals surface area contributed by atoms with Gasteiger partial charge in [-0.2, -0.15) is 13.5 Å². The average molecular weight is 500 g/mol. The van der Waals surface area contributed by atoms with Crippen molar-refractivity contribution in [2.24, 2.45) is 4.40 Å². The van der Waals surface area contributed by atoms with Gasteiger partial charge < -0.3 is 10.2 Å². The molecule has 8 nitrogen and oxygen atoms in total. The molecule has 1 N–H and O–H groups in total. The predicted molar refractivity (Wildman–Crippen MR) is 134 cm³/mol. The van der Waals surface area contributed by atoms with Crippen LogP contribution in [0, 0.1) is 0 Å².